The summed E-state index contributed by atoms with van der Waals surface area (Å²) >= 11 is 0. The number of rotatable bonds is 1. The largest absolute Gasteiger partial charge is 1.00 e. The molecule has 1 rings (SSSR count). The normalized spacial score (nSPS) is 23.2. The van der Waals surface area contributed by atoms with E-state index in [9.17, 15) is 14.7 Å². The zero-order valence-corrected chi connectivity index (χ0v) is 8.84. The minimum Gasteiger partial charge on any atom is -0.549 e. The predicted molar refractivity (Wildman–Crippen MR) is 26.1 cm³/mol. The van der Waals surface area contributed by atoms with E-state index in [4.69, 9.17) is 0 Å². The fourth-order valence-electron chi connectivity index (χ4n) is 0.819. The third kappa shape index (κ3) is 2.32. The Hall–Kier alpha value is 0.576. The first kappa shape index (κ1) is 10.6. The second kappa shape index (κ2) is 4.45. The van der Waals surface area contributed by atoms with Crippen LogP contribution >= 0.6 is 0 Å². The fourth-order valence-corrected chi connectivity index (χ4v) is 0.819. The number of carbonyl (C=O) groups is 2. The number of hydrogen-bond acceptors (Lipinski definition) is 3. The van der Waals surface area contributed by atoms with Gasteiger partial charge in [-0.05, 0) is 6.42 Å². The van der Waals surface area contributed by atoms with Gasteiger partial charge in [0.25, 0.3) is 0 Å². The van der Waals surface area contributed by atoms with Crippen LogP contribution in [0.4, 0.5) is 0 Å². The number of carbonyl (C=O) groups excluding carboxylic acids is 2. The zero-order chi connectivity index (χ0) is 6.85. The molecule has 0 bridgehead atoms. The molecule has 1 aliphatic rings. The van der Waals surface area contributed by atoms with E-state index in [1.807, 2.05) is 0 Å². The van der Waals surface area contributed by atoms with Gasteiger partial charge in [-0.25, -0.2) is 0 Å². The number of aliphatic carboxylic acids is 1. The van der Waals surface area contributed by atoms with Gasteiger partial charge in [-0.2, -0.15) is 0 Å². The first-order chi connectivity index (χ1) is 4.22. The van der Waals surface area contributed by atoms with Gasteiger partial charge in [0.05, 0.1) is 11.9 Å². The Balaban J connectivity index is 0.000000810. The molecule has 1 aliphatic heterocycles. The summed E-state index contributed by atoms with van der Waals surface area (Å²) in [5.74, 6) is -2.61. The average Bonchev–Trinajstić information content (AvgIpc) is 2.13. The van der Waals surface area contributed by atoms with Crippen molar-refractivity contribution in [2.45, 2.75) is 6.42 Å². The van der Waals surface area contributed by atoms with Gasteiger partial charge < -0.3 is 15.2 Å². The molecule has 4 nitrogen and oxygen atoms in total. The summed E-state index contributed by atoms with van der Waals surface area (Å²) in [5, 5.41) is 12.4. The maximum atomic E-state index is 10.5. The summed E-state index contributed by atoms with van der Waals surface area (Å²) in [5.41, 5.74) is 0. The van der Waals surface area contributed by atoms with Crippen LogP contribution in [0.15, 0.2) is 0 Å². The second-order valence-electron chi connectivity index (χ2n) is 1.95. The van der Waals surface area contributed by atoms with Crippen LogP contribution in [0, 0.1) is 5.92 Å². The van der Waals surface area contributed by atoms with E-state index in [0.29, 0.717) is 13.0 Å². The van der Waals surface area contributed by atoms with Crippen molar-refractivity contribution in [2.75, 3.05) is 6.54 Å². The Morgan fingerprint density at radius 3 is 2.50 bits per heavy atom. The van der Waals surface area contributed by atoms with E-state index in [1.54, 1.807) is 0 Å². The minimum atomic E-state index is -1.27. The standard InChI is InChI=1S/C5H7NO3.K/c7-4-3(5(8)9)1-2-6-4;/h3H,1-2H2,(H,6,7)(H,8,9);/q;+1/p-1. The van der Waals surface area contributed by atoms with Gasteiger partial charge in [0, 0.05) is 6.54 Å². The van der Waals surface area contributed by atoms with Gasteiger partial charge in [-0.15, -0.1) is 0 Å². The van der Waals surface area contributed by atoms with Crippen molar-refractivity contribution in [1.82, 2.24) is 5.32 Å². The number of carboxylic acid groups (broad SMARTS) is 1. The smallest absolute Gasteiger partial charge is 0.549 e. The van der Waals surface area contributed by atoms with Crippen molar-refractivity contribution >= 4 is 11.9 Å². The molecule has 5 heteroatoms. The van der Waals surface area contributed by atoms with E-state index in [0.717, 1.165) is 0 Å². The molecule has 0 saturated carbocycles. The van der Waals surface area contributed by atoms with E-state index in [2.05, 4.69) is 5.32 Å². The van der Waals surface area contributed by atoms with Crippen LogP contribution in [-0.4, -0.2) is 18.4 Å². The molecular weight excluding hydrogens is 161 g/mol. The molecule has 0 aromatic heterocycles. The van der Waals surface area contributed by atoms with Crippen molar-refractivity contribution in [3.05, 3.63) is 0 Å². The van der Waals surface area contributed by atoms with E-state index >= 15 is 0 Å². The molecule has 50 valence electrons. The maximum Gasteiger partial charge on any atom is 1.00 e. The number of amides is 1. The maximum absolute atomic E-state index is 10.5. The van der Waals surface area contributed by atoms with Gasteiger partial charge in [0.2, 0.25) is 5.91 Å². The molecular formula is C5H6KNO3. The van der Waals surface area contributed by atoms with E-state index in [1.165, 1.54) is 0 Å². The van der Waals surface area contributed by atoms with Gasteiger partial charge >= 0.3 is 51.4 Å². The molecule has 0 aromatic carbocycles. The summed E-state index contributed by atoms with van der Waals surface area (Å²) in [4.78, 5) is 20.5. The van der Waals surface area contributed by atoms with Gasteiger partial charge in [-0.3, -0.25) is 4.79 Å². The van der Waals surface area contributed by atoms with Crippen molar-refractivity contribution in [2.24, 2.45) is 5.92 Å². The van der Waals surface area contributed by atoms with Crippen LogP contribution in [0.1, 0.15) is 6.42 Å². The first-order valence-corrected chi connectivity index (χ1v) is 2.70. The van der Waals surface area contributed by atoms with Crippen molar-refractivity contribution < 1.29 is 66.1 Å². The molecule has 1 atom stereocenters. The van der Waals surface area contributed by atoms with Crippen molar-refractivity contribution in [1.29, 1.82) is 0 Å². The third-order valence-corrected chi connectivity index (χ3v) is 1.33. The summed E-state index contributed by atoms with van der Waals surface area (Å²) in [6.07, 6.45) is 0.362. The number of nitrogens with one attached hydrogen (secondary N) is 1. The van der Waals surface area contributed by atoms with Crippen LogP contribution in [0.3, 0.4) is 0 Å². The van der Waals surface area contributed by atoms with E-state index in [-0.39, 0.29) is 51.4 Å². The van der Waals surface area contributed by atoms with Crippen molar-refractivity contribution in [3.8, 4) is 0 Å². The van der Waals surface area contributed by atoms with Crippen LogP contribution in [0.2, 0.25) is 0 Å². The molecule has 0 radical (unpaired) electrons. The Morgan fingerprint density at radius 1 is 1.70 bits per heavy atom. The molecule has 0 spiro atoms. The van der Waals surface area contributed by atoms with Gasteiger partial charge in [-0.1, -0.05) is 0 Å². The third-order valence-electron chi connectivity index (χ3n) is 1.33. The van der Waals surface area contributed by atoms with Crippen LogP contribution in [-0.2, 0) is 9.59 Å². The van der Waals surface area contributed by atoms with Crippen LogP contribution in [0.25, 0.3) is 0 Å². The Labute approximate surface area is 101 Å². The molecule has 1 fully saturated rings. The summed E-state index contributed by atoms with van der Waals surface area (Å²) in [6, 6.07) is 0. The molecule has 1 N–H and O–H groups in total. The fraction of sp³-hybridized carbons (Fsp3) is 0.600. The second-order valence-corrected chi connectivity index (χ2v) is 1.95. The van der Waals surface area contributed by atoms with Crippen LogP contribution in [0.5, 0.6) is 0 Å². The molecule has 0 aliphatic carbocycles. The summed E-state index contributed by atoms with van der Waals surface area (Å²) in [7, 11) is 0. The topological polar surface area (TPSA) is 69.2 Å². The summed E-state index contributed by atoms with van der Waals surface area (Å²) in [6.45, 7) is 0.456. The molecule has 1 heterocycles. The monoisotopic (exact) mass is 167 g/mol. The summed E-state index contributed by atoms with van der Waals surface area (Å²) < 4.78 is 0. The Kier molecular flexibility index (Phi) is 4.71. The Bertz CT molecular complexity index is 159. The zero-order valence-electron chi connectivity index (χ0n) is 5.72. The molecule has 1 amide bonds. The Morgan fingerprint density at radius 2 is 2.30 bits per heavy atom. The van der Waals surface area contributed by atoms with Gasteiger partial charge in [0.15, 0.2) is 0 Å². The number of hydrogen-bond donors (Lipinski definition) is 1. The van der Waals surface area contributed by atoms with E-state index < -0.39 is 17.8 Å². The van der Waals surface area contributed by atoms with Gasteiger partial charge in [0.1, 0.15) is 0 Å². The molecule has 1 saturated heterocycles. The number of carboxylic acids is 1. The minimum absolute atomic E-state index is 0. The van der Waals surface area contributed by atoms with Crippen LogP contribution < -0.4 is 61.8 Å². The molecule has 0 aromatic rings. The first-order valence-electron chi connectivity index (χ1n) is 2.70. The molecule has 10 heavy (non-hydrogen) atoms. The molecule has 1 unspecified atom stereocenters. The quantitative estimate of drug-likeness (QED) is 0.314. The van der Waals surface area contributed by atoms with Crippen molar-refractivity contribution in [3.63, 3.8) is 0 Å². The average molecular weight is 167 g/mol. The predicted octanol–water partition coefficient (Wildman–Crippen LogP) is -5.12. The SMILES string of the molecule is O=C([O-])C1CCNC1=O.[K+].